The highest BCUT2D eigenvalue weighted by Gasteiger charge is 2.22. The Kier molecular flexibility index (Phi) is 3.70. The summed E-state index contributed by atoms with van der Waals surface area (Å²) >= 11 is 0. The molecule has 1 unspecified atom stereocenters. The summed E-state index contributed by atoms with van der Waals surface area (Å²) in [6.07, 6.45) is 6.21. The summed E-state index contributed by atoms with van der Waals surface area (Å²) in [6, 6.07) is 1.00. The van der Waals surface area contributed by atoms with Crippen molar-refractivity contribution in [3.05, 3.63) is 30.1 Å². The Morgan fingerprint density at radius 1 is 1.50 bits per heavy atom. The van der Waals surface area contributed by atoms with Gasteiger partial charge in [0.2, 0.25) is 0 Å². The maximum Gasteiger partial charge on any atom is 0.261 e. The third-order valence-electron chi connectivity index (χ3n) is 3.34. The Morgan fingerprint density at radius 2 is 2.35 bits per heavy atom. The number of hydrogen-bond donors (Lipinski definition) is 1. The lowest BCUT2D eigenvalue weighted by molar-refractivity contribution is -0.00549. The zero-order valence-corrected chi connectivity index (χ0v) is 10.8. The molecular formula is C13H15FN4O2. The van der Waals surface area contributed by atoms with Crippen molar-refractivity contribution >= 4 is 0 Å². The first-order chi connectivity index (χ1) is 9.74. The van der Waals surface area contributed by atoms with E-state index in [0.717, 1.165) is 19.0 Å². The van der Waals surface area contributed by atoms with Gasteiger partial charge in [0.1, 0.15) is 0 Å². The summed E-state index contributed by atoms with van der Waals surface area (Å²) in [5.41, 5.74) is 6.15. The highest BCUT2D eigenvalue weighted by molar-refractivity contribution is 5.52. The average molecular weight is 278 g/mol. The first-order valence-corrected chi connectivity index (χ1v) is 6.54. The van der Waals surface area contributed by atoms with Gasteiger partial charge in [0.05, 0.1) is 30.5 Å². The molecule has 0 radical (unpaired) electrons. The quantitative estimate of drug-likeness (QED) is 0.898. The summed E-state index contributed by atoms with van der Waals surface area (Å²) < 4.78 is 24.2. The summed E-state index contributed by atoms with van der Waals surface area (Å²) in [5, 5.41) is 3.78. The standard InChI is InChI=1S/C13H15FN4O2/c14-10-6-16-5-4-9(10)13-17-12(18-20-13)11(15)7-19-8-2-1-3-8/h4-6,8,11H,1-3,7,15H2. The Labute approximate surface area is 115 Å². The van der Waals surface area contributed by atoms with Crippen molar-refractivity contribution in [2.45, 2.75) is 31.4 Å². The van der Waals surface area contributed by atoms with Crippen molar-refractivity contribution < 1.29 is 13.7 Å². The Morgan fingerprint density at radius 3 is 3.05 bits per heavy atom. The fourth-order valence-corrected chi connectivity index (χ4v) is 1.90. The van der Waals surface area contributed by atoms with E-state index in [-0.39, 0.29) is 11.5 Å². The minimum absolute atomic E-state index is 0.0963. The molecule has 1 fully saturated rings. The van der Waals surface area contributed by atoms with E-state index >= 15 is 0 Å². The zero-order chi connectivity index (χ0) is 13.9. The molecule has 2 aromatic rings. The highest BCUT2D eigenvalue weighted by Crippen LogP contribution is 2.24. The second-order valence-corrected chi connectivity index (χ2v) is 4.81. The van der Waals surface area contributed by atoms with Crippen molar-refractivity contribution in [2.75, 3.05) is 6.61 Å². The normalized spacial score (nSPS) is 16.9. The van der Waals surface area contributed by atoms with Crippen LogP contribution in [0.4, 0.5) is 4.39 Å². The highest BCUT2D eigenvalue weighted by atomic mass is 19.1. The fourth-order valence-electron chi connectivity index (χ4n) is 1.90. The van der Waals surface area contributed by atoms with Crippen molar-refractivity contribution in [3.63, 3.8) is 0 Å². The number of pyridine rings is 1. The maximum atomic E-state index is 13.5. The molecule has 3 rings (SSSR count). The van der Waals surface area contributed by atoms with Crippen LogP contribution in [0.15, 0.2) is 23.0 Å². The molecule has 106 valence electrons. The predicted octanol–water partition coefficient (Wildman–Crippen LogP) is 1.84. The molecule has 2 N–H and O–H groups in total. The van der Waals surface area contributed by atoms with E-state index in [4.69, 9.17) is 15.0 Å². The van der Waals surface area contributed by atoms with Crippen LogP contribution in [0.2, 0.25) is 0 Å². The smallest absolute Gasteiger partial charge is 0.261 e. The molecule has 0 spiro atoms. The number of nitrogens with zero attached hydrogens (tertiary/aromatic N) is 3. The Bertz CT molecular complexity index is 585. The number of halogens is 1. The van der Waals surface area contributed by atoms with Gasteiger partial charge in [0.15, 0.2) is 11.6 Å². The van der Waals surface area contributed by atoms with E-state index in [1.165, 1.54) is 18.7 Å². The topological polar surface area (TPSA) is 87.1 Å². The van der Waals surface area contributed by atoms with Crippen LogP contribution in [0.5, 0.6) is 0 Å². The molecule has 2 aromatic heterocycles. The predicted molar refractivity (Wildman–Crippen MR) is 68.0 cm³/mol. The van der Waals surface area contributed by atoms with Crippen molar-refractivity contribution in [1.29, 1.82) is 0 Å². The van der Waals surface area contributed by atoms with Gasteiger partial charge in [-0.1, -0.05) is 5.16 Å². The second kappa shape index (κ2) is 5.64. The van der Waals surface area contributed by atoms with Crippen LogP contribution in [0, 0.1) is 5.82 Å². The maximum absolute atomic E-state index is 13.5. The first-order valence-electron chi connectivity index (χ1n) is 6.54. The van der Waals surface area contributed by atoms with Crippen LogP contribution in [0.3, 0.4) is 0 Å². The summed E-state index contributed by atoms with van der Waals surface area (Å²) in [6.45, 7) is 0.336. The van der Waals surface area contributed by atoms with E-state index < -0.39 is 11.9 Å². The number of aromatic nitrogens is 3. The van der Waals surface area contributed by atoms with Gasteiger partial charge in [0.25, 0.3) is 5.89 Å². The minimum Gasteiger partial charge on any atom is -0.376 e. The molecule has 0 aromatic carbocycles. The van der Waals surface area contributed by atoms with Gasteiger partial charge in [0, 0.05) is 6.20 Å². The molecule has 1 aliphatic carbocycles. The van der Waals surface area contributed by atoms with E-state index in [2.05, 4.69) is 15.1 Å². The number of ether oxygens (including phenoxy) is 1. The van der Waals surface area contributed by atoms with Crippen LogP contribution < -0.4 is 5.73 Å². The number of hydrogen-bond acceptors (Lipinski definition) is 6. The molecule has 1 aliphatic rings. The zero-order valence-electron chi connectivity index (χ0n) is 10.8. The van der Waals surface area contributed by atoms with Gasteiger partial charge in [-0.05, 0) is 25.3 Å². The molecule has 2 heterocycles. The summed E-state index contributed by atoms with van der Waals surface area (Å²) in [5.74, 6) is -0.100. The number of rotatable bonds is 5. The monoisotopic (exact) mass is 278 g/mol. The van der Waals surface area contributed by atoms with Gasteiger partial charge in [-0.2, -0.15) is 4.98 Å². The second-order valence-electron chi connectivity index (χ2n) is 4.81. The average Bonchev–Trinajstić information content (AvgIpc) is 2.87. The lowest BCUT2D eigenvalue weighted by atomic mass is 9.96. The van der Waals surface area contributed by atoms with Crippen LogP contribution in [0.1, 0.15) is 31.1 Å². The molecule has 7 heteroatoms. The fraction of sp³-hybridized carbons (Fsp3) is 0.462. The molecular weight excluding hydrogens is 263 g/mol. The molecule has 1 atom stereocenters. The first kappa shape index (κ1) is 13.1. The van der Waals surface area contributed by atoms with Crippen LogP contribution in [-0.4, -0.2) is 27.8 Å². The van der Waals surface area contributed by atoms with Crippen molar-refractivity contribution in [1.82, 2.24) is 15.1 Å². The summed E-state index contributed by atoms with van der Waals surface area (Å²) in [4.78, 5) is 7.78. The molecule has 0 saturated heterocycles. The lowest BCUT2D eigenvalue weighted by Crippen LogP contribution is -2.27. The third-order valence-corrected chi connectivity index (χ3v) is 3.34. The molecule has 1 saturated carbocycles. The van der Waals surface area contributed by atoms with Gasteiger partial charge >= 0.3 is 0 Å². The van der Waals surface area contributed by atoms with E-state index in [1.807, 2.05) is 0 Å². The van der Waals surface area contributed by atoms with E-state index in [1.54, 1.807) is 0 Å². The largest absolute Gasteiger partial charge is 0.376 e. The van der Waals surface area contributed by atoms with Gasteiger partial charge < -0.3 is 15.0 Å². The van der Waals surface area contributed by atoms with Crippen molar-refractivity contribution in [3.8, 4) is 11.5 Å². The van der Waals surface area contributed by atoms with Gasteiger partial charge in [-0.15, -0.1) is 0 Å². The lowest BCUT2D eigenvalue weighted by Gasteiger charge is -2.26. The minimum atomic E-state index is -0.512. The third kappa shape index (κ3) is 2.68. The summed E-state index contributed by atoms with van der Waals surface area (Å²) in [7, 11) is 0. The number of nitrogens with two attached hydrogens (primary N) is 1. The molecule has 0 bridgehead atoms. The van der Waals surface area contributed by atoms with Crippen LogP contribution >= 0.6 is 0 Å². The van der Waals surface area contributed by atoms with Crippen LogP contribution in [-0.2, 0) is 4.74 Å². The molecule has 0 aliphatic heterocycles. The molecule has 20 heavy (non-hydrogen) atoms. The van der Waals surface area contributed by atoms with Crippen molar-refractivity contribution in [2.24, 2.45) is 5.73 Å². The Balaban J connectivity index is 1.68. The van der Waals surface area contributed by atoms with Gasteiger partial charge in [-0.3, -0.25) is 4.98 Å². The van der Waals surface area contributed by atoms with E-state index in [9.17, 15) is 4.39 Å². The molecule has 0 amide bonds. The Hall–Kier alpha value is -1.86. The van der Waals surface area contributed by atoms with Gasteiger partial charge in [-0.25, -0.2) is 4.39 Å². The molecule has 6 nitrogen and oxygen atoms in total. The SMILES string of the molecule is NC(COC1CCC1)c1noc(-c2ccncc2F)n1. The van der Waals surface area contributed by atoms with E-state index in [0.29, 0.717) is 18.5 Å². The van der Waals surface area contributed by atoms with Crippen LogP contribution in [0.25, 0.3) is 11.5 Å².